The molecular weight excluding hydrogens is 321 g/mol. The number of halogens is 1. The molecule has 0 bridgehead atoms. The molecule has 0 saturated carbocycles. The van der Waals surface area contributed by atoms with Gasteiger partial charge in [0.15, 0.2) is 0 Å². The highest BCUT2D eigenvalue weighted by molar-refractivity contribution is 5.78. The molecule has 25 heavy (non-hydrogen) atoms. The summed E-state index contributed by atoms with van der Waals surface area (Å²) in [6.07, 6.45) is 2.08. The van der Waals surface area contributed by atoms with Crippen molar-refractivity contribution in [2.24, 2.45) is 0 Å². The van der Waals surface area contributed by atoms with Crippen molar-refractivity contribution in [3.8, 4) is 5.75 Å². The van der Waals surface area contributed by atoms with Crippen LogP contribution in [0.15, 0.2) is 18.2 Å². The molecule has 0 spiro atoms. The number of methoxy groups -OCH3 is 1. The van der Waals surface area contributed by atoms with Crippen LogP contribution in [0.4, 0.5) is 4.39 Å². The van der Waals surface area contributed by atoms with Gasteiger partial charge in [0, 0.05) is 44.3 Å². The Balaban J connectivity index is 1.78. The number of rotatable bonds is 8. The number of carbonyl (C=O) groups is 1. The maximum absolute atomic E-state index is 13.5. The van der Waals surface area contributed by atoms with Crippen LogP contribution in [-0.4, -0.2) is 61.6 Å². The Hall–Kier alpha value is -1.66. The van der Waals surface area contributed by atoms with Crippen LogP contribution in [0.25, 0.3) is 0 Å². The lowest BCUT2D eigenvalue weighted by Gasteiger charge is -2.34. The van der Waals surface area contributed by atoms with Crippen LogP contribution in [0.2, 0.25) is 0 Å². The van der Waals surface area contributed by atoms with E-state index in [1.807, 2.05) is 6.92 Å². The van der Waals surface area contributed by atoms with Gasteiger partial charge in [0.1, 0.15) is 11.6 Å². The fourth-order valence-electron chi connectivity index (χ4n) is 3.25. The number of hydrogen-bond acceptors (Lipinski definition) is 4. The third kappa shape index (κ3) is 6.29. The molecule has 1 aliphatic heterocycles. The van der Waals surface area contributed by atoms with Crippen LogP contribution in [0.1, 0.15) is 32.3 Å². The lowest BCUT2D eigenvalue weighted by atomic mass is 10.1. The minimum atomic E-state index is -0.243. The molecule has 1 aromatic carbocycles. The first kappa shape index (κ1) is 19.7. The molecule has 6 heteroatoms. The molecule has 0 aromatic heterocycles. The largest absolute Gasteiger partial charge is 0.496 e. The smallest absolute Gasteiger partial charge is 0.234 e. The molecule has 1 fully saturated rings. The predicted octanol–water partition coefficient (Wildman–Crippen LogP) is 2.26. The molecule has 2 rings (SSSR count). The van der Waals surface area contributed by atoms with E-state index in [9.17, 15) is 9.18 Å². The fraction of sp³-hybridized carbons (Fsp3) is 0.632. The number of hydrogen-bond donors (Lipinski definition) is 1. The molecule has 1 aliphatic rings. The summed E-state index contributed by atoms with van der Waals surface area (Å²) in [7, 11) is 1.60. The lowest BCUT2D eigenvalue weighted by Crippen LogP contribution is -2.49. The normalized spacial score (nSPS) is 17.3. The Bertz CT molecular complexity index is 560. The van der Waals surface area contributed by atoms with Crippen LogP contribution < -0.4 is 10.1 Å². The van der Waals surface area contributed by atoms with Crippen molar-refractivity contribution in [3.05, 3.63) is 29.6 Å². The summed E-state index contributed by atoms with van der Waals surface area (Å²) in [6.45, 7) is 8.68. The maximum Gasteiger partial charge on any atom is 0.234 e. The van der Waals surface area contributed by atoms with Crippen LogP contribution in [-0.2, 0) is 11.3 Å². The van der Waals surface area contributed by atoms with Crippen molar-refractivity contribution in [2.45, 2.75) is 39.3 Å². The highest BCUT2D eigenvalue weighted by Gasteiger charge is 2.20. The second kappa shape index (κ2) is 9.73. The average molecular weight is 351 g/mol. The highest BCUT2D eigenvalue weighted by atomic mass is 19.1. The number of ether oxygens (including phenoxy) is 1. The number of amides is 1. The monoisotopic (exact) mass is 351 g/mol. The van der Waals surface area contributed by atoms with Crippen molar-refractivity contribution < 1.29 is 13.9 Å². The number of benzene rings is 1. The standard InChI is InChI=1S/C19H30FN3O2/c1-4-5-15(2)21-19(24)14-23-10-8-22(9-11-23)13-16-12-17(20)6-7-18(16)25-3/h6-7,12,15H,4-5,8-11,13-14H2,1-3H3,(H,21,24)/t15-/m1/s1. The molecule has 1 amide bonds. The Morgan fingerprint density at radius 1 is 1.28 bits per heavy atom. The quantitative estimate of drug-likeness (QED) is 0.780. The number of piperazine rings is 1. The zero-order valence-electron chi connectivity index (χ0n) is 15.6. The van der Waals surface area contributed by atoms with Gasteiger partial charge < -0.3 is 10.1 Å². The van der Waals surface area contributed by atoms with Gasteiger partial charge in [-0.1, -0.05) is 13.3 Å². The molecule has 5 nitrogen and oxygen atoms in total. The average Bonchev–Trinajstić information content (AvgIpc) is 2.57. The lowest BCUT2D eigenvalue weighted by molar-refractivity contribution is -0.123. The SMILES string of the molecule is CCC[C@@H](C)NC(=O)CN1CCN(Cc2cc(F)ccc2OC)CC1. The topological polar surface area (TPSA) is 44.8 Å². The van der Waals surface area contributed by atoms with Gasteiger partial charge in [0.25, 0.3) is 0 Å². The van der Waals surface area contributed by atoms with E-state index in [2.05, 4.69) is 22.0 Å². The van der Waals surface area contributed by atoms with Crippen LogP contribution >= 0.6 is 0 Å². The Kier molecular flexibility index (Phi) is 7.65. The van der Waals surface area contributed by atoms with Crippen molar-refractivity contribution in [1.29, 1.82) is 0 Å². The van der Waals surface area contributed by atoms with E-state index >= 15 is 0 Å². The van der Waals surface area contributed by atoms with Gasteiger partial charge in [0.05, 0.1) is 13.7 Å². The molecule has 1 aromatic rings. The van der Waals surface area contributed by atoms with E-state index < -0.39 is 0 Å². The number of nitrogens with one attached hydrogen (secondary N) is 1. The van der Waals surface area contributed by atoms with E-state index in [1.54, 1.807) is 13.2 Å². The minimum absolute atomic E-state index is 0.0983. The number of nitrogens with zero attached hydrogens (tertiary/aromatic N) is 2. The van der Waals surface area contributed by atoms with E-state index in [1.165, 1.54) is 12.1 Å². The van der Waals surface area contributed by atoms with Gasteiger partial charge in [0.2, 0.25) is 5.91 Å². The van der Waals surface area contributed by atoms with E-state index in [-0.39, 0.29) is 17.8 Å². The maximum atomic E-state index is 13.5. The summed E-state index contributed by atoms with van der Waals surface area (Å²) in [5, 5.41) is 3.05. The molecule has 140 valence electrons. The van der Waals surface area contributed by atoms with Gasteiger partial charge in [-0.05, 0) is 31.5 Å². The van der Waals surface area contributed by atoms with E-state index in [0.29, 0.717) is 18.8 Å². The van der Waals surface area contributed by atoms with Crippen molar-refractivity contribution in [3.63, 3.8) is 0 Å². The third-order valence-electron chi connectivity index (χ3n) is 4.60. The Morgan fingerprint density at radius 2 is 1.96 bits per heavy atom. The third-order valence-corrected chi connectivity index (χ3v) is 4.60. The van der Waals surface area contributed by atoms with E-state index in [0.717, 1.165) is 44.6 Å². The highest BCUT2D eigenvalue weighted by Crippen LogP contribution is 2.21. The first-order chi connectivity index (χ1) is 12.0. The number of carbonyl (C=O) groups excluding carboxylic acids is 1. The van der Waals surface area contributed by atoms with Gasteiger partial charge in [-0.25, -0.2) is 4.39 Å². The molecule has 1 atom stereocenters. The van der Waals surface area contributed by atoms with Gasteiger partial charge in [-0.15, -0.1) is 0 Å². The molecule has 1 heterocycles. The molecule has 1 N–H and O–H groups in total. The van der Waals surface area contributed by atoms with Crippen molar-refractivity contribution in [1.82, 2.24) is 15.1 Å². The van der Waals surface area contributed by atoms with Crippen LogP contribution in [0, 0.1) is 5.82 Å². The van der Waals surface area contributed by atoms with Gasteiger partial charge in [-0.3, -0.25) is 14.6 Å². The zero-order chi connectivity index (χ0) is 18.2. The van der Waals surface area contributed by atoms with Crippen LogP contribution in [0.5, 0.6) is 5.75 Å². The van der Waals surface area contributed by atoms with Crippen LogP contribution in [0.3, 0.4) is 0 Å². The van der Waals surface area contributed by atoms with Crippen molar-refractivity contribution >= 4 is 5.91 Å². The molecule has 0 aliphatic carbocycles. The summed E-state index contributed by atoms with van der Waals surface area (Å²) in [5.74, 6) is 0.571. The Labute approximate surface area is 150 Å². The summed E-state index contributed by atoms with van der Waals surface area (Å²) in [4.78, 5) is 16.5. The summed E-state index contributed by atoms with van der Waals surface area (Å²) in [6, 6.07) is 4.86. The second-order valence-corrected chi connectivity index (χ2v) is 6.77. The second-order valence-electron chi connectivity index (χ2n) is 6.77. The summed E-state index contributed by atoms with van der Waals surface area (Å²) in [5.41, 5.74) is 0.863. The minimum Gasteiger partial charge on any atom is -0.496 e. The van der Waals surface area contributed by atoms with Gasteiger partial charge in [-0.2, -0.15) is 0 Å². The van der Waals surface area contributed by atoms with Crippen molar-refractivity contribution in [2.75, 3.05) is 39.8 Å². The molecule has 1 saturated heterocycles. The zero-order valence-corrected chi connectivity index (χ0v) is 15.6. The van der Waals surface area contributed by atoms with E-state index in [4.69, 9.17) is 4.74 Å². The molecule has 0 radical (unpaired) electrons. The summed E-state index contributed by atoms with van der Waals surface area (Å²) < 4.78 is 18.8. The Morgan fingerprint density at radius 3 is 2.60 bits per heavy atom. The first-order valence-electron chi connectivity index (χ1n) is 9.08. The first-order valence-corrected chi connectivity index (χ1v) is 9.08. The molecule has 0 unspecified atom stereocenters. The van der Waals surface area contributed by atoms with Gasteiger partial charge >= 0.3 is 0 Å². The fourth-order valence-corrected chi connectivity index (χ4v) is 3.25. The molecular formula is C19H30FN3O2. The predicted molar refractivity (Wildman–Crippen MR) is 97.2 cm³/mol. The summed E-state index contributed by atoms with van der Waals surface area (Å²) >= 11 is 0.